The lowest BCUT2D eigenvalue weighted by Crippen LogP contribution is -2.28. The van der Waals surface area contributed by atoms with E-state index in [1.54, 1.807) is 0 Å². The lowest BCUT2D eigenvalue weighted by molar-refractivity contribution is -0.274. The number of benzene rings is 1. The molecule has 0 saturated carbocycles. The SMILES string of the molecule is CCCCCCCCCC(O)(c1ccc(OC(F)(F)F)cc1)c1cncnc1.CS(=O)(=O)O. The quantitative estimate of drug-likeness (QED) is 0.325. The molecule has 2 N–H and O–H groups in total. The van der Waals surface area contributed by atoms with Gasteiger partial charge in [-0.2, -0.15) is 8.42 Å². The molecule has 0 amide bonds. The topological polar surface area (TPSA) is 110 Å². The standard InChI is InChI=1S/C21H27F3N2O2.CH4O3S/c1-2-3-4-5-6-7-8-13-20(27,18-14-25-16-26-15-18)17-9-11-19(12-10-17)28-21(22,23)24;1-5(2,3)4/h9-12,14-16,27H,2-8,13H2,1H3;1H3,(H,2,3,4). The molecule has 1 aromatic carbocycles. The number of rotatable bonds is 11. The summed E-state index contributed by atoms with van der Waals surface area (Å²) < 4.78 is 66.9. The summed E-state index contributed by atoms with van der Waals surface area (Å²) in [5, 5.41) is 11.4. The minimum Gasteiger partial charge on any atom is -0.406 e. The molecule has 186 valence electrons. The number of aliphatic hydroxyl groups is 1. The molecule has 33 heavy (non-hydrogen) atoms. The van der Waals surface area contributed by atoms with Gasteiger partial charge in [0.25, 0.3) is 10.1 Å². The monoisotopic (exact) mass is 492 g/mol. The fourth-order valence-corrected chi connectivity index (χ4v) is 3.24. The van der Waals surface area contributed by atoms with Crippen molar-refractivity contribution in [1.29, 1.82) is 0 Å². The van der Waals surface area contributed by atoms with Crippen LogP contribution >= 0.6 is 0 Å². The molecule has 1 unspecified atom stereocenters. The maximum Gasteiger partial charge on any atom is 0.573 e. The average Bonchev–Trinajstić information content (AvgIpc) is 2.72. The number of alkyl halides is 3. The van der Waals surface area contributed by atoms with Crippen molar-refractivity contribution in [3.8, 4) is 5.75 Å². The van der Waals surface area contributed by atoms with E-state index in [0.29, 0.717) is 23.8 Å². The number of unbranched alkanes of at least 4 members (excludes halogenated alkanes) is 6. The smallest absolute Gasteiger partial charge is 0.406 e. The third-order valence-electron chi connectivity index (χ3n) is 4.75. The first-order chi connectivity index (χ1) is 15.3. The molecular weight excluding hydrogens is 461 g/mol. The number of ether oxygens (including phenoxy) is 1. The Morgan fingerprint density at radius 3 is 1.88 bits per heavy atom. The van der Waals surface area contributed by atoms with E-state index in [1.807, 2.05) is 0 Å². The van der Waals surface area contributed by atoms with Crippen molar-refractivity contribution < 1.29 is 36.0 Å². The van der Waals surface area contributed by atoms with E-state index in [4.69, 9.17) is 4.55 Å². The Kier molecular flexibility index (Phi) is 11.7. The van der Waals surface area contributed by atoms with Crippen LogP contribution in [-0.2, 0) is 15.7 Å². The minimum absolute atomic E-state index is 0.321. The lowest BCUT2D eigenvalue weighted by atomic mass is 9.83. The fraction of sp³-hybridized carbons (Fsp3) is 0.545. The summed E-state index contributed by atoms with van der Waals surface area (Å²) in [6.45, 7) is 2.17. The van der Waals surface area contributed by atoms with Crippen molar-refractivity contribution in [2.24, 2.45) is 0 Å². The molecule has 11 heteroatoms. The minimum atomic E-state index is -4.75. The van der Waals surface area contributed by atoms with E-state index in [1.165, 1.54) is 68.7 Å². The zero-order chi connectivity index (χ0) is 25.0. The van der Waals surface area contributed by atoms with Gasteiger partial charge in [-0.1, -0.05) is 57.6 Å². The van der Waals surface area contributed by atoms with Gasteiger partial charge in [0.05, 0.1) is 6.26 Å². The first-order valence-electron chi connectivity index (χ1n) is 10.6. The first-order valence-corrected chi connectivity index (χ1v) is 12.5. The van der Waals surface area contributed by atoms with Crippen LogP contribution < -0.4 is 4.74 Å². The predicted molar refractivity (Wildman–Crippen MR) is 118 cm³/mol. The summed E-state index contributed by atoms with van der Waals surface area (Å²) in [7, 11) is -3.67. The van der Waals surface area contributed by atoms with E-state index in [-0.39, 0.29) is 5.75 Å². The van der Waals surface area contributed by atoms with Crippen LogP contribution in [0.25, 0.3) is 0 Å². The van der Waals surface area contributed by atoms with E-state index in [0.717, 1.165) is 19.3 Å². The molecule has 0 bridgehead atoms. The van der Waals surface area contributed by atoms with Crippen LogP contribution in [0.15, 0.2) is 43.0 Å². The summed E-state index contributed by atoms with van der Waals surface area (Å²) in [4.78, 5) is 7.95. The Morgan fingerprint density at radius 1 is 0.909 bits per heavy atom. The van der Waals surface area contributed by atoms with Gasteiger partial charge in [-0.05, 0) is 30.5 Å². The van der Waals surface area contributed by atoms with E-state index in [9.17, 15) is 26.7 Å². The van der Waals surface area contributed by atoms with Crippen molar-refractivity contribution in [2.75, 3.05) is 6.26 Å². The van der Waals surface area contributed by atoms with Crippen molar-refractivity contribution in [2.45, 2.75) is 70.3 Å². The van der Waals surface area contributed by atoms with E-state index >= 15 is 0 Å². The third kappa shape index (κ3) is 12.5. The predicted octanol–water partition coefficient (Wildman–Crippen LogP) is 5.26. The molecule has 0 aliphatic carbocycles. The Morgan fingerprint density at radius 2 is 1.39 bits per heavy atom. The van der Waals surface area contributed by atoms with Gasteiger partial charge >= 0.3 is 6.36 Å². The number of hydrogen-bond donors (Lipinski definition) is 2. The van der Waals surface area contributed by atoms with E-state index < -0.39 is 22.1 Å². The highest BCUT2D eigenvalue weighted by atomic mass is 32.2. The third-order valence-corrected chi connectivity index (χ3v) is 4.75. The summed E-state index contributed by atoms with van der Waals surface area (Å²) in [5.74, 6) is -0.321. The summed E-state index contributed by atoms with van der Waals surface area (Å²) in [5.41, 5.74) is -0.352. The summed E-state index contributed by atoms with van der Waals surface area (Å²) in [6.07, 6.45) is 8.54. The van der Waals surface area contributed by atoms with Crippen molar-refractivity contribution >= 4 is 10.1 Å². The van der Waals surface area contributed by atoms with Crippen LogP contribution in [0.4, 0.5) is 13.2 Å². The molecule has 0 radical (unpaired) electrons. The maximum absolute atomic E-state index is 12.4. The van der Waals surface area contributed by atoms with Gasteiger partial charge in [0.15, 0.2) is 0 Å². The van der Waals surface area contributed by atoms with Gasteiger partial charge in [0.1, 0.15) is 17.7 Å². The highest BCUT2D eigenvalue weighted by Crippen LogP contribution is 2.35. The first kappa shape index (κ1) is 28.8. The van der Waals surface area contributed by atoms with Gasteiger partial charge < -0.3 is 9.84 Å². The zero-order valence-corrected chi connectivity index (χ0v) is 19.6. The molecule has 1 aromatic heterocycles. The Balaban J connectivity index is 0.000000981. The van der Waals surface area contributed by atoms with Crippen molar-refractivity contribution in [1.82, 2.24) is 9.97 Å². The van der Waals surface area contributed by atoms with Gasteiger partial charge in [-0.3, -0.25) is 4.55 Å². The second kappa shape index (κ2) is 13.5. The molecule has 1 heterocycles. The van der Waals surface area contributed by atoms with Gasteiger partial charge in [-0.15, -0.1) is 13.2 Å². The zero-order valence-electron chi connectivity index (χ0n) is 18.8. The second-order valence-corrected chi connectivity index (χ2v) is 9.13. The normalized spacial score (nSPS) is 13.5. The number of halogens is 3. The molecular formula is C22H31F3N2O5S. The molecule has 2 aromatic rings. The van der Waals surface area contributed by atoms with Crippen LogP contribution in [0.1, 0.15) is 69.4 Å². The number of hydrogen-bond acceptors (Lipinski definition) is 6. The van der Waals surface area contributed by atoms with Gasteiger partial charge in [0, 0.05) is 18.0 Å². The van der Waals surface area contributed by atoms with Crippen LogP contribution in [0.5, 0.6) is 5.75 Å². The van der Waals surface area contributed by atoms with Crippen LogP contribution in [-0.4, -0.2) is 40.7 Å². The Hall–Kier alpha value is -2.24. The fourth-order valence-electron chi connectivity index (χ4n) is 3.24. The highest BCUT2D eigenvalue weighted by molar-refractivity contribution is 7.85. The largest absolute Gasteiger partial charge is 0.573 e. The average molecular weight is 493 g/mol. The van der Waals surface area contributed by atoms with Gasteiger partial charge in [-0.25, -0.2) is 9.97 Å². The van der Waals surface area contributed by atoms with E-state index in [2.05, 4.69) is 21.6 Å². The number of aromatic nitrogens is 2. The van der Waals surface area contributed by atoms with Crippen LogP contribution in [0, 0.1) is 0 Å². The van der Waals surface area contributed by atoms with Crippen molar-refractivity contribution in [3.05, 3.63) is 54.1 Å². The molecule has 0 saturated heterocycles. The molecule has 0 aliphatic heterocycles. The molecule has 7 nitrogen and oxygen atoms in total. The molecule has 2 rings (SSSR count). The maximum atomic E-state index is 12.4. The molecule has 0 fully saturated rings. The molecule has 0 aliphatic rings. The Labute approximate surface area is 192 Å². The number of nitrogens with zero attached hydrogens (tertiary/aromatic N) is 2. The summed E-state index contributed by atoms with van der Waals surface area (Å²) >= 11 is 0. The second-order valence-electron chi connectivity index (χ2n) is 7.66. The van der Waals surface area contributed by atoms with Crippen LogP contribution in [0.3, 0.4) is 0 Å². The lowest BCUT2D eigenvalue weighted by Gasteiger charge is -2.29. The molecule has 0 spiro atoms. The highest BCUT2D eigenvalue weighted by Gasteiger charge is 2.33. The molecule has 1 atom stereocenters. The van der Waals surface area contributed by atoms with Crippen LogP contribution in [0.2, 0.25) is 0 Å². The summed E-state index contributed by atoms with van der Waals surface area (Å²) in [6, 6.07) is 5.33. The Bertz CT molecular complexity index is 902. The van der Waals surface area contributed by atoms with Crippen molar-refractivity contribution in [3.63, 3.8) is 0 Å². The van der Waals surface area contributed by atoms with Gasteiger partial charge in [0.2, 0.25) is 0 Å².